The molecular weight excluding hydrogens is 144 g/mol. The van der Waals surface area contributed by atoms with Crippen LogP contribution in [0, 0.1) is 0 Å². The Morgan fingerprint density at radius 1 is 1.00 bits per heavy atom. The van der Waals surface area contributed by atoms with Crippen molar-refractivity contribution >= 4 is 0 Å². The molecule has 3 nitrogen and oxygen atoms in total. The predicted molar refractivity (Wildman–Crippen MR) is 45.2 cm³/mol. The highest BCUT2D eigenvalue weighted by Gasteiger charge is 1.95. The Balaban J connectivity index is 0. The van der Waals surface area contributed by atoms with Gasteiger partial charge in [-0.25, -0.2) is 0 Å². The molecule has 0 saturated heterocycles. The highest BCUT2D eigenvalue weighted by atomic mass is 16.5. The summed E-state index contributed by atoms with van der Waals surface area (Å²) >= 11 is 0. The average molecular weight is 164 g/mol. The molecule has 0 aromatic rings. The molecule has 0 aliphatic carbocycles. The van der Waals surface area contributed by atoms with Gasteiger partial charge in [0.1, 0.15) is 0 Å². The van der Waals surface area contributed by atoms with Gasteiger partial charge in [-0.15, -0.1) is 0 Å². The maximum absolute atomic E-state index is 8.46. The van der Waals surface area contributed by atoms with E-state index in [4.69, 9.17) is 10.2 Å². The lowest BCUT2D eigenvalue weighted by Crippen LogP contribution is -2.02. The maximum atomic E-state index is 8.46. The number of rotatable bonds is 6. The van der Waals surface area contributed by atoms with Crippen LogP contribution < -0.4 is 0 Å². The van der Waals surface area contributed by atoms with Crippen LogP contribution in [0.3, 0.4) is 0 Å². The monoisotopic (exact) mass is 164 g/mol. The van der Waals surface area contributed by atoms with Crippen LogP contribution in [0.15, 0.2) is 0 Å². The van der Waals surface area contributed by atoms with Crippen LogP contribution in [0.2, 0.25) is 0 Å². The molecule has 0 aromatic heterocycles. The largest absolute Gasteiger partial charge is 0.412 e. The number of aliphatic hydroxyl groups is 2. The van der Waals surface area contributed by atoms with Gasteiger partial charge in [-0.3, -0.25) is 0 Å². The Morgan fingerprint density at radius 2 is 1.55 bits per heavy atom. The molecule has 0 unspecified atom stereocenters. The SMILES string of the molecule is CCCCCCCC(O)O.O. The Bertz CT molecular complexity index is 64.4. The van der Waals surface area contributed by atoms with Gasteiger partial charge in [0.2, 0.25) is 0 Å². The van der Waals surface area contributed by atoms with E-state index in [0.717, 1.165) is 12.8 Å². The highest BCUT2D eigenvalue weighted by molar-refractivity contribution is 4.44. The third-order valence-electron chi connectivity index (χ3n) is 1.57. The van der Waals surface area contributed by atoms with E-state index in [2.05, 4.69) is 6.92 Å². The molecule has 0 aromatic carbocycles. The van der Waals surface area contributed by atoms with Gasteiger partial charge in [0, 0.05) is 0 Å². The van der Waals surface area contributed by atoms with E-state index in [-0.39, 0.29) is 5.48 Å². The predicted octanol–water partition coefficient (Wildman–Crippen LogP) is 0.833. The van der Waals surface area contributed by atoms with E-state index in [0.29, 0.717) is 6.42 Å². The summed E-state index contributed by atoms with van der Waals surface area (Å²) in [5.74, 6) is 0. The van der Waals surface area contributed by atoms with Crippen LogP contribution >= 0.6 is 0 Å². The molecule has 0 fully saturated rings. The highest BCUT2D eigenvalue weighted by Crippen LogP contribution is 2.05. The number of hydrogen-bond donors (Lipinski definition) is 2. The zero-order valence-corrected chi connectivity index (χ0v) is 7.21. The third kappa shape index (κ3) is 13.0. The van der Waals surface area contributed by atoms with Gasteiger partial charge in [0.25, 0.3) is 0 Å². The van der Waals surface area contributed by atoms with E-state index >= 15 is 0 Å². The van der Waals surface area contributed by atoms with Crippen LogP contribution in [0.5, 0.6) is 0 Å². The molecule has 11 heavy (non-hydrogen) atoms. The number of hydrogen-bond acceptors (Lipinski definition) is 2. The Morgan fingerprint density at radius 3 is 2.00 bits per heavy atom. The normalized spacial score (nSPS) is 9.82. The second kappa shape index (κ2) is 9.88. The van der Waals surface area contributed by atoms with Crippen molar-refractivity contribution in [2.45, 2.75) is 51.7 Å². The van der Waals surface area contributed by atoms with E-state index in [1.807, 2.05) is 0 Å². The quantitative estimate of drug-likeness (QED) is 0.451. The van der Waals surface area contributed by atoms with Crippen molar-refractivity contribution in [1.82, 2.24) is 0 Å². The van der Waals surface area contributed by atoms with Crippen LogP contribution in [0.25, 0.3) is 0 Å². The molecule has 0 aliphatic heterocycles. The molecule has 4 N–H and O–H groups in total. The molecule has 0 aliphatic rings. The summed E-state index contributed by atoms with van der Waals surface area (Å²) < 4.78 is 0. The Hall–Kier alpha value is -0.120. The fourth-order valence-electron chi connectivity index (χ4n) is 0.930. The van der Waals surface area contributed by atoms with Gasteiger partial charge in [-0.1, -0.05) is 32.6 Å². The Kier molecular flexibility index (Phi) is 12.1. The van der Waals surface area contributed by atoms with Crippen LogP contribution in [-0.4, -0.2) is 22.0 Å². The summed E-state index contributed by atoms with van der Waals surface area (Å²) in [5, 5.41) is 16.9. The molecule has 0 radical (unpaired) electrons. The van der Waals surface area contributed by atoms with Gasteiger partial charge in [0.15, 0.2) is 6.29 Å². The lowest BCUT2D eigenvalue weighted by Gasteiger charge is -2.01. The molecule has 3 heteroatoms. The van der Waals surface area contributed by atoms with Gasteiger partial charge < -0.3 is 15.7 Å². The lowest BCUT2D eigenvalue weighted by atomic mass is 10.1. The van der Waals surface area contributed by atoms with Crippen molar-refractivity contribution in [3.8, 4) is 0 Å². The smallest absolute Gasteiger partial charge is 0.151 e. The van der Waals surface area contributed by atoms with Gasteiger partial charge >= 0.3 is 0 Å². The molecule has 0 rings (SSSR count). The Labute approximate surface area is 68.4 Å². The first-order chi connectivity index (χ1) is 4.77. The van der Waals surface area contributed by atoms with E-state index in [9.17, 15) is 0 Å². The lowest BCUT2D eigenvalue weighted by molar-refractivity contribution is -0.0465. The average Bonchev–Trinajstić information content (AvgIpc) is 1.87. The molecule has 0 saturated carbocycles. The van der Waals surface area contributed by atoms with Gasteiger partial charge in [0.05, 0.1) is 0 Å². The first-order valence-electron chi connectivity index (χ1n) is 4.13. The van der Waals surface area contributed by atoms with E-state index in [1.54, 1.807) is 0 Å². The first-order valence-corrected chi connectivity index (χ1v) is 4.13. The van der Waals surface area contributed by atoms with E-state index < -0.39 is 6.29 Å². The fraction of sp³-hybridized carbons (Fsp3) is 1.00. The summed E-state index contributed by atoms with van der Waals surface area (Å²) in [6, 6.07) is 0. The molecule has 70 valence electrons. The van der Waals surface area contributed by atoms with Gasteiger partial charge in [-0.2, -0.15) is 0 Å². The minimum absolute atomic E-state index is 0. The zero-order valence-electron chi connectivity index (χ0n) is 7.21. The van der Waals surface area contributed by atoms with Crippen LogP contribution in [0.4, 0.5) is 0 Å². The minimum Gasteiger partial charge on any atom is -0.412 e. The van der Waals surface area contributed by atoms with Crippen molar-refractivity contribution in [1.29, 1.82) is 0 Å². The molecule has 0 atom stereocenters. The van der Waals surface area contributed by atoms with Crippen molar-refractivity contribution in [2.75, 3.05) is 0 Å². The van der Waals surface area contributed by atoms with Crippen LogP contribution in [0.1, 0.15) is 45.4 Å². The summed E-state index contributed by atoms with van der Waals surface area (Å²) in [5.41, 5.74) is 0. The summed E-state index contributed by atoms with van der Waals surface area (Å²) in [6.45, 7) is 2.17. The number of unbranched alkanes of at least 4 members (excludes halogenated alkanes) is 4. The molecule has 0 bridgehead atoms. The second-order valence-electron chi connectivity index (χ2n) is 2.68. The van der Waals surface area contributed by atoms with Crippen molar-refractivity contribution in [2.24, 2.45) is 0 Å². The summed E-state index contributed by atoms with van der Waals surface area (Å²) in [4.78, 5) is 0. The molecule has 0 amide bonds. The maximum Gasteiger partial charge on any atom is 0.151 e. The van der Waals surface area contributed by atoms with Crippen molar-refractivity contribution < 1.29 is 15.7 Å². The van der Waals surface area contributed by atoms with Gasteiger partial charge in [-0.05, 0) is 12.8 Å². The standard InChI is InChI=1S/C8H18O2.H2O/c1-2-3-4-5-6-7-8(9)10;/h8-10H,2-7H2,1H3;1H2. The molecule has 0 heterocycles. The van der Waals surface area contributed by atoms with Crippen LogP contribution in [-0.2, 0) is 0 Å². The fourth-order valence-corrected chi connectivity index (χ4v) is 0.930. The van der Waals surface area contributed by atoms with Crippen molar-refractivity contribution in [3.05, 3.63) is 0 Å². The third-order valence-corrected chi connectivity index (χ3v) is 1.57. The second-order valence-corrected chi connectivity index (χ2v) is 2.68. The topological polar surface area (TPSA) is 72.0 Å². The zero-order chi connectivity index (χ0) is 7.82. The van der Waals surface area contributed by atoms with Crippen molar-refractivity contribution in [3.63, 3.8) is 0 Å². The molecule has 0 spiro atoms. The summed E-state index contributed by atoms with van der Waals surface area (Å²) in [7, 11) is 0. The summed E-state index contributed by atoms with van der Waals surface area (Å²) in [6.07, 6.45) is 5.24. The number of aliphatic hydroxyl groups excluding tert-OH is 1. The first kappa shape index (κ1) is 13.5. The minimum atomic E-state index is -1.10. The molecular formula is C8H20O3. The van der Waals surface area contributed by atoms with E-state index in [1.165, 1.54) is 19.3 Å².